The summed E-state index contributed by atoms with van der Waals surface area (Å²) in [6.07, 6.45) is -31.2. The summed E-state index contributed by atoms with van der Waals surface area (Å²) in [5.74, 6) is 0. The maximum atomic E-state index is 11.0. The zero-order valence-corrected chi connectivity index (χ0v) is 25.6. The third kappa shape index (κ3) is 10.1. The lowest BCUT2D eigenvalue weighted by atomic mass is 9.96. The summed E-state index contributed by atoms with van der Waals surface area (Å²) in [7, 11) is -5.01. The van der Waals surface area contributed by atoms with Gasteiger partial charge in [0.2, 0.25) is 0 Å². The fourth-order valence-electron chi connectivity index (χ4n) is 5.18. The van der Waals surface area contributed by atoms with Gasteiger partial charge < -0.3 is 89.7 Å². The number of hydrogen-bond acceptors (Lipinski definition) is 21. The molecule has 278 valence electrons. The summed E-state index contributed by atoms with van der Waals surface area (Å²) in [4.78, 5) is 0. The van der Waals surface area contributed by atoms with Crippen LogP contribution in [0, 0.1) is 0 Å². The van der Waals surface area contributed by atoms with E-state index in [-0.39, 0.29) is 6.42 Å². The fraction of sp³-hybridized carbons (Fsp3) is 1.00. The van der Waals surface area contributed by atoms with Gasteiger partial charge in [-0.05, 0) is 6.92 Å². The molecule has 0 bridgehead atoms. The van der Waals surface area contributed by atoms with Gasteiger partial charge in [-0.15, -0.1) is 0 Å². The highest BCUT2D eigenvalue weighted by molar-refractivity contribution is 7.80. The summed E-state index contributed by atoms with van der Waals surface area (Å²) in [5, 5.41) is 122. The highest BCUT2D eigenvalue weighted by Crippen LogP contribution is 2.33. The van der Waals surface area contributed by atoms with Crippen molar-refractivity contribution in [1.29, 1.82) is 0 Å². The normalized spacial score (nSPS) is 42.9. The van der Waals surface area contributed by atoms with Crippen molar-refractivity contribution in [2.75, 3.05) is 26.4 Å². The molecule has 0 aromatic carbocycles. The van der Waals surface area contributed by atoms with Gasteiger partial charge in [-0.1, -0.05) is 0 Å². The minimum Gasteiger partial charge on any atom is -0.394 e. The van der Waals surface area contributed by atoms with Crippen LogP contribution in [-0.2, 0) is 43.0 Å². The topological polar surface area (TPSA) is 362 Å². The molecule has 3 rings (SSSR count). The molecule has 0 aliphatic carbocycles. The van der Waals surface area contributed by atoms with Crippen molar-refractivity contribution in [2.24, 2.45) is 0 Å². The first-order valence-corrected chi connectivity index (χ1v) is 15.8. The van der Waals surface area contributed by atoms with Gasteiger partial charge in [0.25, 0.3) is 0 Å². The Morgan fingerprint density at radius 1 is 0.745 bits per heavy atom. The Balaban J connectivity index is 1.71. The average molecular weight is 717 g/mol. The van der Waals surface area contributed by atoms with E-state index in [2.05, 4.69) is 4.18 Å². The molecule has 22 nitrogen and oxygen atoms in total. The van der Waals surface area contributed by atoms with Crippen LogP contribution in [0.1, 0.15) is 13.3 Å². The van der Waals surface area contributed by atoms with Gasteiger partial charge >= 0.3 is 10.4 Å². The molecule has 0 aromatic heterocycles. The molecule has 0 unspecified atom stereocenters. The summed E-state index contributed by atoms with van der Waals surface area (Å²) in [6.45, 7) is -2.32. The fourth-order valence-corrected chi connectivity index (χ4v) is 5.48. The second kappa shape index (κ2) is 17.4. The van der Waals surface area contributed by atoms with Crippen molar-refractivity contribution in [3.05, 3.63) is 0 Å². The molecule has 23 heteroatoms. The van der Waals surface area contributed by atoms with E-state index >= 15 is 0 Å². The predicted octanol–water partition coefficient (Wildman–Crippen LogP) is -8.23. The first kappa shape index (κ1) is 40.6. The third-order valence-electron chi connectivity index (χ3n) is 7.91. The molecule has 13 N–H and O–H groups in total. The van der Waals surface area contributed by atoms with Crippen LogP contribution in [0.25, 0.3) is 0 Å². The lowest BCUT2D eigenvalue weighted by molar-refractivity contribution is -0.373. The molecular weight excluding hydrogens is 672 g/mol. The number of rotatable bonds is 15. The SMILES string of the molecule is C[C@@H]1O[C@@H](O[C@@H]([C@@H](O)[C@H](O)CO)[C@@H](O)CO)[C@H](O)C[C@H]1O[C@@H]1O[C@H](CO)[C@H](O)[C@H](O[C@@H]2O[C@@H](COS(=O)(=O)O)[C@@H](O)[C@@H](O)[C@@H]2O)[C@H]1O. The van der Waals surface area contributed by atoms with Gasteiger partial charge in [0.15, 0.2) is 18.9 Å². The molecule has 3 heterocycles. The smallest absolute Gasteiger partial charge is 0.394 e. The molecule has 47 heavy (non-hydrogen) atoms. The van der Waals surface area contributed by atoms with Crippen molar-refractivity contribution in [2.45, 2.75) is 124 Å². The van der Waals surface area contributed by atoms with Crippen molar-refractivity contribution in [1.82, 2.24) is 0 Å². The van der Waals surface area contributed by atoms with Crippen LogP contribution in [0.4, 0.5) is 0 Å². The van der Waals surface area contributed by atoms with Crippen LogP contribution in [-0.4, -0.2) is 211 Å². The first-order chi connectivity index (χ1) is 21.9. The number of aliphatic hydroxyl groups is 12. The second-order valence-electron chi connectivity index (χ2n) is 11.3. The zero-order chi connectivity index (χ0) is 35.4. The zero-order valence-electron chi connectivity index (χ0n) is 24.8. The first-order valence-electron chi connectivity index (χ1n) is 14.4. The molecule has 18 atom stereocenters. The van der Waals surface area contributed by atoms with Crippen molar-refractivity contribution in [3.8, 4) is 0 Å². The van der Waals surface area contributed by atoms with Crippen molar-refractivity contribution >= 4 is 10.4 Å². The highest BCUT2D eigenvalue weighted by Gasteiger charge is 2.52. The Labute approximate surface area is 267 Å². The maximum absolute atomic E-state index is 11.0. The second-order valence-corrected chi connectivity index (χ2v) is 12.4. The van der Waals surface area contributed by atoms with E-state index < -0.39 is 147 Å². The van der Waals surface area contributed by atoms with E-state index in [1.54, 1.807) is 0 Å². The van der Waals surface area contributed by atoms with Gasteiger partial charge in [0.05, 0.1) is 38.6 Å². The maximum Gasteiger partial charge on any atom is 0.397 e. The third-order valence-corrected chi connectivity index (χ3v) is 8.34. The van der Waals surface area contributed by atoms with E-state index in [0.29, 0.717) is 0 Å². The number of aliphatic hydroxyl groups excluding tert-OH is 12. The van der Waals surface area contributed by atoms with Gasteiger partial charge in [0.1, 0.15) is 79.4 Å². The van der Waals surface area contributed by atoms with Crippen LogP contribution in [0.3, 0.4) is 0 Å². The largest absolute Gasteiger partial charge is 0.397 e. The molecule has 0 amide bonds. The van der Waals surface area contributed by atoms with E-state index in [1.807, 2.05) is 0 Å². The molecule has 3 aliphatic rings. The lowest BCUT2D eigenvalue weighted by Gasteiger charge is -2.47. The van der Waals surface area contributed by atoms with Crippen molar-refractivity contribution in [3.63, 3.8) is 0 Å². The van der Waals surface area contributed by atoms with Crippen LogP contribution in [0.15, 0.2) is 0 Å². The summed E-state index contributed by atoms with van der Waals surface area (Å²) < 4.78 is 67.9. The van der Waals surface area contributed by atoms with E-state index in [4.69, 9.17) is 38.1 Å². The standard InChI is InChI=1S/C24H44O22S/c1-7-11(2-8(28)22(41-7)45-20(10(30)4-26)14(31)9(29)3-25)42-24-19(36)21(16(33)12(5-27)43-24)46-23-18(35)17(34)15(32)13(44-23)6-40-47(37,38)39/h7-36H,2-6H2,1H3,(H,37,38,39)/t7-,8+,9+,10-,11+,12+,13-,14-,15+,16-,17+,18-,19+,20+,21-,22-,23-,24+/m0/s1. The lowest BCUT2D eigenvalue weighted by Crippen LogP contribution is -2.65. The quantitative estimate of drug-likeness (QED) is 0.0700. The molecule has 3 fully saturated rings. The van der Waals surface area contributed by atoms with Crippen molar-refractivity contribution < 1.29 is 107 Å². The summed E-state index contributed by atoms with van der Waals surface area (Å²) in [6, 6.07) is 0. The summed E-state index contributed by atoms with van der Waals surface area (Å²) >= 11 is 0. The molecule has 0 spiro atoms. The Bertz CT molecular complexity index is 1050. The molecule has 0 aromatic rings. The molecule has 3 saturated heterocycles. The van der Waals surface area contributed by atoms with Gasteiger partial charge in [-0.3, -0.25) is 4.55 Å². The summed E-state index contributed by atoms with van der Waals surface area (Å²) in [5.41, 5.74) is 0. The van der Waals surface area contributed by atoms with Gasteiger partial charge in [0, 0.05) is 6.42 Å². The number of ether oxygens (including phenoxy) is 6. The van der Waals surface area contributed by atoms with E-state index in [1.165, 1.54) is 6.92 Å². The highest BCUT2D eigenvalue weighted by atomic mass is 32.3. The Kier molecular flexibility index (Phi) is 15.0. The number of hydrogen-bond donors (Lipinski definition) is 13. The Hall–Kier alpha value is -0.850. The average Bonchev–Trinajstić information content (AvgIpc) is 3.02. The van der Waals surface area contributed by atoms with Crippen LogP contribution < -0.4 is 0 Å². The Morgan fingerprint density at radius 3 is 1.91 bits per heavy atom. The Morgan fingerprint density at radius 2 is 1.34 bits per heavy atom. The van der Waals surface area contributed by atoms with Crippen LogP contribution in [0.5, 0.6) is 0 Å². The van der Waals surface area contributed by atoms with Crippen LogP contribution >= 0.6 is 0 Å². The molecular formula is C24H44O22S. The minimum atomic E-state index is -5.01. The molecule has 3 aliphatic heterocycles. The van der Waals surface area contributed by atoms with Gasteiger partial charge in [-0.25, -0.2) is 4.18 Å². The predicted molar refractivity (Wildman–Crippen MR) is 144 cm³/mol. The van der Waals surface area contributed by atoms with Gasteiger partial charge in [-0.2, -0.15) is 8.42 Å². The molecule has 0 saturated carbocycles. The minimum absolute atomic E-state index is 0.319. The van der Waals surface area contributed by atoms with E-state index in [0.717, 1.165) is 0 Å². The van der Waals surface area contributed by atoms with Crippen LogP contribution in [0.2, 0.25) is 0 Å². The van der Waals surface area contributed by atoms with E-state index in [9.17, 15) is 64.6 Å². The molecule has 0 radical (unpaired) electrons. The monoisotopic (exact) mass is 716 g/mol.